The molecule has 0 amide bonds. The quantitative estimate of drug-likeness (QED) is 0.777. The van der Waals surface area contributed by atoms with Gasteiger partial charge in [0.05, 0.1) is 6.04 Å². The van der Waals surface area contributed by atoms with Crippen LogP contribution in [0.15, 0.2) is 24.3 Å². The molecule has 0 spiro atoms. The average molecular weight is 277 g/mol. The molecule has 1 N–H and O–H groups in total. The standard InChI is InChI=1S/C17H27NO2/c1-4-18-16(17(19-2)20-3)12-14-10-7-9-13-8-5-6-11-15(13)14/h5-6,8,11,14,16-18H,4,7,9-10,12H2,1-3H3. The van der Waals surface area contributed by atoms with Crippen LogP contribution in [0, 0.1) is 0 Å². The summed E-state index contributed by atoms with van der Waals surface area (Å²) in [4.78, 5) is 0. The number of methoxy groups -OCH3 is 2. The van der Waals surface area contributed by atoms with Crippen LogP contribution in [0.4, 0.5) is 0 Å². The van der Waals surface area contributed by atoms with Crippen molar-refractivity contribution in [1.29, 1.82) is 0 Å². The predicted molar refractivity (Wildman–Crippen MR) is 82.0 cm³/mol. The van der Waals surface area contributed by atoms with Gasteiger partial charge in [0.2, 0.25) is 0 Å². The second-order valence-corrected chi connectivity index (χ2v) is 5.53. The minimum absolute atomic E-state index is 0.177. The van der Waals surface area contributed by atoms with E-state index < -0.39 is 0 Å². The van der Waals surface area contributed by atoms with Gasteiger partial charge in [0.1, 0.15) is 0 Å². The highest BCUT2D eigenvalue weighted by Crippen LogP contribution is 2.35. The molecule has 2 atom stereocenters. The first-order chi connectivity index (χ1) is 9.80. The van der Waals surface area contributed by atoms with E-state index in [1.165, 1.54) is 30.4 Å². The number of hydrogen-bond acceptors (Lipinski definition) is 3. The van der Waals surface area contributed by atoms with Crippen molar-refractivity contribution in [2.75, 3.05) is 20.8 Å². The molecule has 0 saturated carbocycles. The van der Waals surface area contributed by atoms with E-state index in [0.717, 1.165) is 13.0 Å². The van der Waals surface area contributed by atoms with E-state index in [-0.39, 0.29) is 12.3 Å². The maximum absolute atomic E-state index is 5.46. The summed E-state index contributed by atoms with van der Waals surface area (Å²) in [5, 5.41) is 3.51. The fraction of sp³-hybridized carbons (Fsp3) is 0.647. The van der Waals surface area contributed by atoms with Crippen LogP contribution in [-0.4, -0.2) is 33.1 Å². The largest absolute Gasteiger partial charge is 0.354 e. The van der Waals surface area contributed by atoms with E-state index >= 15 is 0 Å². The Labute approximate surface area is 122 Å². The van der Waals surface area contributed by atoms with Gasteiger partial charge in [0.15, 0.2) is 6.29 Å². The molecule has 0 bridgehead atoms. The van der Waals surface area contributed by atoms with Gasteiger partial charge in [-0.3, -0.25) is 0 Å². The van der Waals surface area contributed by atoms with Crippen molar-refractivity contribution in [1.82, 2.24) is 5.32 Å². The number of benzene rings is 1. The third kappa shape index (κ3) is 3.60. The number of likely N-dealkylation sites (N-methyl/N-ethyl adjacent to an activating group) is 1. The Kier molecular flexibility index (Phi) is 6.02. The highest BCUT2D eigenvalue weighted by Gasteiger charge is 2.27. The fourth-order valence-electron chi connectivity index (χ4n) is 3.38. The molecule has 0 aliphatic heterocycles. The van der Waals surface area contributed by atoms with E-state index in [4.69, 9.17) is 9.47 Å². The highest BCUT2D eigenvalue weighted by atomic mass is 16.7. The van der Waals surface area contributed by atoms with Crippen LogP contribution >= 0.6 is 0 Å². The summed E-state index contributed by atoms with van der Waals surface area (Å²) in [6.07, 6.45) is 4.65. The van der Waals surface area contributed by atoms with Crippen molar-refractivity contribution in [3.8, 4) is 0 Å². The smallest absolute Gasteiger partial charge is 0.172 e. The first kappa shape index (κ1) is 15.5. The van der Waals surface area contributed by atoms with Crippen LogP contribution in [0.2, 0.25) is 0 Å². The lowest BCUT2D eigenvalue weighted by Gasteiger charge is -2.32. The molecule has 1 aromatic carbocycles. The third-order valence-electron chi connectivity index (χ3n) is 4.29. The molecule has 3 nitrogen and oxygen atoms in total. The lowest BCUT2D eigenvalue weighted by Crippen LogP contribution is -2.43. The van der Waals surface area contributed by atoms with Crippen LogP contribution in [0.25, 0.3) is 0 Å². The zero-order valence-electron chi connectivity index (χ0n) is 12.9. The zero-order chi connectivity index (χ0) is 14.4. The number of ether oxygens (including phenoxy) is 2. The Morgan fingerprint density at radius 3 is 2.70 bits per heavy atom. The van der Waals surface area contributed by atoms with Gasteiger partial charge in [0.25, 0.3) is 0 Å². The molecule has 0 heterocycles. The van der Waals surface area contributed by atoms with E-state index in [0.29, 0.717) is 5.92 Å². The predicted octanol–water partition coefficient (Wildman–Crippen LogP) is 3.09. The first-order valence-electron chi connectivity index (χ1n) is 7.66. The van der Waals surface area contributed by atoms with Crippen molar-refractivity contribution in [3.63, 3.8) is 0 Å². The minimum Gasteiger partial charge on any atom is -0.354 e. The molecular formula is C17H27NO2. The summed E-state index contributed by atoms with van der Waals surface area (Å²) in [5.74, 6) is 0.608. The molecule has 2 rings (SSSR count). The first-order valence-corrected chi connectivity index (χ1v) is 7.66. The Morgan fingerprint density at radius 1 is 1.25 bits per heavy atom. The van der Waals surface area contributed by atoms with Gasteiger partial charge in [-0.1, -0.05) is 31.2 Å². The van der Waals surface area contributed by atoms with E-state index in [9.17, 15) is 0 Å². The maximum atomic E-state index is 5.46. The maximum Gasteiger partial charge on any atom is 0.172 e. The second-order valence-electron chi connectivity index (χ2n) is 5.53. The lowest BCUT2D eigenvalue weighted by molar-refractivity contribution is -0.124. The van der Waals surface area contributed by atoms with Crippen LogP contribution < -0.4 is 5.32 Å². The number of fused-ring (bicyclic) bond motifs is 1. The molecule has 0 saturated heterocycles. The molecule has 1 aromatic rings. The number of aryl methyl sites for hydroxylation is 1. The summed E-state index contributed by atoms with van der Waals surface area (Å²) in [6, 6.07) is 9.11. The van der Waals surface area contributed by atoms with Crippen LogP contribution in [0.1, 0.15) is 43.2 Å². The second kappa shape index (κ2) is 7.77. The van der Waals surface area contributed by atoms with Crippen molar-refractivity contribution in [2.24, 2.45) is 0 Å². The summed E-state index contributed by atoms with van der Waals surface area (Å²) >= 11 is 0. The molecule has 1 aliphatic rings. The van der Waals surface area contributed by atoms with E-state index in [1.54, 1.807) is 14.2 Å². The molecule has 112 valence electrons. The van der Waals surface area contributed by atoms with Crippen molar-refractivity contribution in [2.45, 2.75) is 50.9 Å². The summed E-state index contributed by atoms with van der Waals surface area (Å²) in [6.45, 7) is 3.06. The SMILES string of the molecule is CCNC(CC1CCCc2ccccc21)C(OC)OC. The summed E-state index contributed by atoms with van der Waals surface area (Å²) in [5.41, 5.74) is 3.04. The molecule has 0 aromatic heterocycles. The van der Waals surface area contributed by atoms with E-state index in [2.05, 4.69) is 36.5 Å². The topological polar surface area (TPSA) is 30.5 Å². The fourth-order valence-corrected chi connectivity index (χ4v) is 3.38. The van der Waals surface area contributed by atoms with Gasteiger partial charge in [-0.15, -0.1) is 0 Å². The van der Waals surface area contributed by atoms with Crippen molar-refractivity contribution >= 4 is 0 Å². The van der Waals surface area contributed by atoms with Gasteiger partial charge in [-0.05, 0) is 49.3 Å². The molecule has 0 radical (unpaired) electrons. The molecule has 1 aliphatic carbocycles. The van der Waals surface area contributed by atoms with Crippen LogP contribution in [0.3, 0.4) is 0 Å². The van der Waals surface area contributed by atoms with Gasteiger partial charge in [-0.25, -0.2) is 0 Å². The number of nitrogens with one attached hydrogen (secondary N) is 1. The Bertz CT molecular complexity index is 404. The van der Waals surface area contributed by atoms with Gasteiger partial charge in [-0.2, -0.15) is 0 Å². The Morgan fingerprint density at radius 2 is 2.00 bits per heavy atom. The number of hydrogen-bond donors (Lipinski definition) is 1. The monoisotopic (exact) mass is 277 g/mol. The summed E-state index contributed by atoms with van der Waals surface area (Å²) < 4.78 is 10.9. The molecule has 0 fully saturated rings. The average Bonchev–Trinajstić information content (AvgIpc) is 2.49. The van der Waals surface area contributed by atoms with Crippen molar-refractivity contribution in [3.05, 3.63) is 35.4 Å². The van der Waals surface area contributed by atoms with E-state index in [1.807, 2.05) is 0 Å². The summed E-state index contributed by atoms with van der Waals surface area (Å²) in [7, 11) is 3.43. The van der Waals surface area contributed by atoms with Crippen LogP contribution in [-0.2, 0) is 15.9 Å². The highest BCUT2D eigenvalue weighted by molar-refractivity contribution is 5.32. The minimum atomic E-state index is -0.177. The van der Waals surface area contributed by atoms with Crippen LogP contribution in [0.5, 0.6) is 0 Å². The third-order valence-corrected chi connectivity index (χ3v) is 4.29. The number of rotatable bonds is 7. The van der Waals surface area contributed by atoms with Gasteiger partial charge >= 0.3 is 0 Å². The molecular weight excluding hydrogens is 250 g/mol. The molecule has 20 heavy (non-hydrogen) atoms. The van der Waals surface area contributed by atoms with Crippen molar-refractivity contribution < 1.29 is 9.47 Å². The van der Waals surface area contributed by atoms with Gasteiger partial charge < -0.3 is 14.8 Å². The Hall–Kier alpha value is -0.900. The molecule has 2 unspecified atom stereocenters. The Balaban J connectivity index is 2.11. The zero-order valence-corrected chi connectivity index (χ0v) is 12.9. The molecule has 3 heteroatoms. The lowest BCUT2D eigenvalue weighted by atomic mass is 9.79. The normalized spacial score (nSPS) is 19.9. The van der Waals surface area contributed by atoms with Gasteiger partial charge in [0, 0.05) is 14.2 Å².